The highest BCUT2D eigenvalue weighted by Gasteiger charge is 2.14. The van der Waals surface area contributed by atoms with Crippen molar-refractivity contribution in [2.75, 3.05) is 6.61 Å². The first-order chi connectivity index (χ1) is 6.74. The Bertz CT molecular complexity index is 456. The van der Waals surface area contributed by atoms with E-state index in [0.717, 1.165) is 5.56 Å². The number of nitrogens with two attached hydrogens (primary N) is 1. The largest absolute Gasteiger partial charge is 0.394 e. The fourth-order valence-corrected chi connectivity index (χ4v) is 1.58. The second-order valence-corrected chi connectivity index (χ2v) is 3.28. The van der Waals surface area contributed by atoms with Crippen LogP contribution >= 0.6 is 11.6 Å². The number of nitrogens with one attached hydrogen (secondary N) is 1. The zero-order valence-electron chi connectivity index (χ0n) is 7.24. The van der Waals surface area contributed by atoms with Gasteiger partial charge in [-0.2, -0.15) is 0 Å². The summed E-state index contributed by atoms with van der Waals surface area (Å²) >= 11 is 5.90. The van der Waals surface area contributed by atoms with Gasteiger partial charge in [-0.15, -0.1) is 0 Å². The molecule has 2 heterocycles. The van der Waals surface area contributed by atoms with Crippen LogP contribution in [-0.2, 0) is 0 Å². The van der Waals surface area contributed by atoms with Crippen molar-refractivity contribution in [3.63, 3.8) is 0 Å². The maximum atomic E-state index is 8.93. The zero-order chi connectivity index (χ0) is 10.1. The third-order valence-corrected chi connectivity index (χ3v) is 2.34. The first-order valence-corrected chi connectivity index (χ1v) is 4.45. The van der Waals surface area contributed by atoms with Crippen molar-refractivity contribution in [2.24, 2.45) is 5.73 Å². The number of hydrogen-bond acceptors (Lipinski definition) is 4. The highest BCUT2D eigenvalue weighted by Crippen LogP contribution is 2.26. The molecule has 0 aliphatic carbocycles. The lowest BCUT2D eigenvalue weighted by atomic mass is 10.1. The lowest BCUT2D eigenvalue weighted by Crippen LogP contribution is -2.13. The number of aromatic amines is 1. The molecule has 2 rings (SSSR count). The topological polar surface area (TPSA) is 87.8 Å². The van der Waals surface area contributed by atoms with E-state index in [4.69, 9.17) is 22.4 Å². The maximum absolute atomic E-state index is 8.93. The van der Waals surface area contributed by atoms with Crippen LogP contribution in [-0.4, -0.2) is 26.7 Å². The lowest BCUT2D eigenvalue weighted by molar-refractivity contribution is 0.268. The fraction of sp³-hybridized carbons (Fsp3) is 0.250. The van der Waals surface area contributed by atoms with Gasteiger partial charge in [-0.1, -0.05) is 11.6 Å². The van der Waals surface area contributed by atoms with E-state index in [1.807, 2.05) is 0 Å². The number of hydrogen-bond donors (Lipinski definition) is 3. The van der Waals surface area contributed by atoms with Crippen molar-refractivity contribution in [3.05, 3.63) is 23.2 Å². The van der Waals surface area contributed by atoms with Crippen molar-refractivity contribution in [1.82, 2.24) is 15.0 Å². The van der Waals surface area contributed by atoms with Crippen LogP contribution < -0.4 is 5.73 Å². The summed E-state index contributed by atoms with van der Waals surface area (Å²) in [7, 11) is 0. The molecular formula is C8H9ClN4O. The molecule has 0 spiro atoms. The van der Waals surface area contributed by atoms with E-state index in [1.54, 1.807) is 6.20 Å². The van der Waals surface area contributed by atoms with Gasteiger partial charge in [-0.25, -0.2) is 9.97 Å². The number of rotatable bonds is 2. The molecule has 0 saturated carbocycles. The van der Waals surface area contributed by atoms with Gasteiger partial charge in [0.05, 0.1) is 18.0 Å². The molecule has 4 N–H and O–H groups in total. The van der Waals surface area contributed by atoms with Gasteiger partial charge >= 0.3 is 0 Å². The number of halogens is 1. The van der Waals surface area contributed by atoms with Crippen LogP contribution in [0.2, 0.25) is 5.15 Å². The Morgan fingerprint density at radius 3 is 3.07 bits per heavy atom. The number of aromatic nitrogens is 3. The second kappa shape index (κ2) is 3.53. The normalized spacial score (nSPS) is 13.4. The van der Waals surface area contributed by atoms with Gasteiger partial charge in [-0.3, -0.25) is 0 Å². The van der Waals surface area contributed by atoms with Crippen LogP contribution in [0.5, 0.6) is 0 Å². The highest BCUT2D eigenvalue weighted by molar-refractivity contribution is 6.34. The molecule has 6 heteroatoms. The number of aliphatic hydroxyl groups is 1. The average Bonchev–Trinajstić information content (AvgIpc) is 2.62. The zero-order valence-corrected chi connectivity index (χ0v) is 7.99. The molecule has 0 fully saturated rings. The van der Waals surface area contributed by atoms with Gasteiger partial charge in [0.25, 0.3) is 0 Å². The Balaban J connectivity index is 2.67. The molecule has 0 bridgehead atoms. The first kappa shape index (κ1) is 9.39. The molecule has 0 amide bonds. The summed E-state index contributed by atoms with van der Waals surface area (Å²) in [4.78, 5) is 10.8. The Morgan fingerprint density at radius 1 is 1.57 bits per heavy atom. The van der Waals surface area contributed by atoms with Gasteiger partial charge in [0.15, 0.2) is 0 Å². The van der Waals surface area contributed by atoms with Gasteiger partial charge in [0.2, 0.25) is 0 Å². The van der Waals surface area contributed by atoms with Crippen molar-refractivity contribution in [3.8, 4) is 0 Å². The Labute approximate surface area is 84.9 Å². The van der Waals surface area contributed by atoms with Crippen LogP contribution in [0.3, 0.4) is 0 Å². The summed E-state index contributed by atoms with van der Waals surface area (Å²) in [6.07, 6.45) is 3.06. The minimum absolute atomic E-state index is 0.141. The molecule has 14 heavy (non-hydrogen) atoms. The van der Waals surface area contributed by atoms with E-state index in [0.29, 0.717) is 16.2 Å². The summed E-state index contributed by atoms with van der Waals surface area (Å²) in [5.41, 5.74) is 7.05. The van der Waals surface area contributed by atoms with Crippen molar-refractivity contribution in [2.45, 2.75) is 6.04 Å². The van der Waals surface area contributed by atoms with E-state index < -0.39 is 6.04 Å². The number of H-pyrrole nitrogens is 1. The van der Waals surface area contributed by atoms with E-state index in [-0.39, 0.29) is 6.61 Å². The number of aliphatic hydroxyl groups excluding tert-OH is 1. The van der Waals surface area contributed by atoms with Gasteiger partial charge in [0.1, 0.15) is 17.1 Å². The predicted octanol–water partition coefficient (Wildman–Crippen LogP) is 0.603. The molecule has 5 nitrogen and oxygen atoms in total. The van der Waals surface area contributed by atoms with E-state index in [9.17, 15) is 0 Å². The number of fused-ring (bicyclic) bond motifs is 1. The van der Waals surface area contributed by atoms with Crippen molar-refractivity contribution < 1.29 is 5.11 Å². The summed E-state index contributed by atoms with van der Waals surface area (Å²) in [6.45, 7) is -0.141. The lowest BCUT2D eigenvalue weighted by Gasteiger charge is -2.05. The van der Waals surface area contributed by atoms with Crippen LogP contribution in [0.1, 0.15) is 11.6 Å². The minimum atomic E-state index is -0.466. The first-order valence-electron chi connectivity index (χ1n) is 4.08. The molecular weight excluding hydrogens is 204 g/mol. The molecule has 1 atom stereocenters. The Kier molecular flexibility index (Phi) is 2.37. The van der Waals surface area contributed by atoms with Crippen molar-refractivity contribution >= 4 is 22.6 Å². The molecule has 0 unspecified atom stereocenters. The average molecular weight is 213 g/mol. The number of nitrogens with zero attached hydrogens (tertiary/aromatic N) is 2. The quantitative estimate of drug-likeness (QED) is 0.637. The minimum Gasteiger partial charge on any atom is -0.394 e. The Hall–Kier alpha value is -1.17. The molecule has 0 radical (unpaired) electrons. The predicted molar refractivity (Wildman–Crippen MR) is 52.9 cm³/mol. The molecule has 0 aromatic carbocycles. The van der Waals surface area contributed by atoms with Gasteiger partial charge < -0.3 is 15.8 Å². The summed E-state index contributed by atoms with van der Waals surface area (Å²) in [5, 5.41) is 9.95. The van der Waals surface area contributed by atoms with E-state index >= 15 is 0 Å². The molecule has 0 aliphatic rings. The molecule has 2 aromatic rings. The van der Waals surface area contributed by atoms with Gasteiger partial charge in [-0.05, 0) is 0 Å². The summed E-state index contributed by atoms with van der Waals surface area (Å²) < 4.78 is 0. The Morgan fingerprint density at radius 2 is 2.36 bits per heavy atom. The molecule has 0 saturated heterocycles. The second-order valence-electron chi connectivity index (χ2n) is 2.92. The third-order valence-electron chi connectivity index (χ3n) is 2.05. The van der Waals surface area contributed by atoms with E-state index in [2.05, 4.69) is 15.0 Å². The SMILES string of the molecule is N[C@H](CO)c1c[nH]c2ncnc(Cl)c12. The highest BCUT2D eigenvalue weighted by atomic mass is 35.5. The third kappa shape index (κ3) is 1.35. The van der Waals surface area contributed by atoms with Crippen LogP contribution in [0.25, 0.3) is 11.0 Å². The van der Waals surface area contributed by atoms with Crippen LogP contribution in [0.15, 0.2) is 12.5 Å². The van der Waals surface area contributed by atoms with Gasteiger partial charge in [0, 0.05) is 11.8 Å². The molecule has 2 aromatic heterocycles. The fourth-order valence-electron chi connectivity index (χ4n) is 1.34. The summed E-state index contributed by atoms with van der Waals surface area (Å²) in [6, 6.07) is -0.466. The van der Waals surface area contributed by atoms with Crippen LogP contribution in [0.4, 0.5) is 0 Å². The van der Waals surface area contributed by atoms with Crippen molar-refractivity contribution in [1.29, 1.82) is 0 Å². The standard InChI is InChI=1S/C8H9ClN4O/c9-7-6-4(5(10)2-14)1-11-8(6)13-3-12-7/h1,3,5,14H,2,10H2,(H,11,12,13)/t5-/m1/s1. The van der Waals surface area contributed by atoms with Crippen LogP contribution in [0, 0.1) is 0 Å². The monoisotopic (exact) mass is 212 g/mol. The summed E-state index contributed by atoms with van der Waals surface area (Å²) in [5.74, 6) is 0. The molecule has 74 valence electrons. The van der Waals surface area contributed by atoms with E-state index in [1.165, 1.54) is 6.33 Å². The molecule has 0 aliphatic heterocycles. The maximum Gasteiger partial charge on any atom is 0.142 e. The smallest absolute Gasteiger partial charge is 0.142 e.